The number of amides is 2. The number of carbonyl (C=O) groups excluding carboxylic acids is 1. The molecule has 132 valence electrons. The maximum atomic E-state index is 13.3. The molecule has 1 aliphatic rings. The van der Waals surface area contributed by atoms with Crippen molar-refractivity contribution in [1.29, 1.82) is 0 Å². The van der Waals surface area contributed by atoms with Crippen LogP contribution in [0.4, 0.5) is 14.9 Å². The fourth-order valence-corrected chi connectivity index (χ4v) is 3.24. The lowest BCUT2D eigenvalue weighted by Crippen LogP contribution is -2.42. The predicted molar refractivity (Wildman–Crippen MR) is 95.7 cm³/mol. The van der Waals surface area contributed by atoms with E-state index in [-0.39, 0.29) is 18.1 Å². The summed E-state index contributed by atoms with van der Waals surface area (Å²) in [5.41, 5.74) is 2.90. The van der Waals surface area contributed by atoms with Crippen molar-refractivity contribution in [2.45, 2.75) is 19.9 Å². The number of halogens is 1. The number of hydrogen-bond acceptors (Lipinski definition) is 3. The molecule has 2 aromatic heterocycles. The Morgan fingerprint density at radius 2 is 2.04 bits per heavy atom. The molecule has 0 unspecified atom stereocenters. The summed E-state index contributed by atoms with van der Waals surface area (Å²) < 4.78 is 14.8. The van der Waals surface area contributed by atoms with Crippen molar-refractivity contribution in [3.8, 4) is 0 Å². The molecule has 1 N–H and O–H groups in total. The van der Waals surface area contributed by atoms with Gasteiger partial charge < -0.3 is 10.2 Å². The zero-order valence-electron chi connectivity index (χ0n) is 14.2. The zero-order chi connectivity index (χ0) is 18.3. The van der Waals surface area contributed by atoms with Gasteiger partial charge in [0.1, 0.15) is 11.5 Å². The summed E-state index contributed by atoms with van der Waals surface area (Å²) in [5, 5.41) is 2.67. The standard InChI is InChI=1S/C19H17FN4O2/c1-12-4-2-7-17-22-16-8-9-23(11-15(16)18(25)24(12)17)19(26)21-14-6-3-5-13(20)10-14/h2-7,10H,8-9,11H2,1H3,(H,21,26). The Morgan fingerprint density at radius 3 is 2.85 bits per heavy atom. The van der Waals surface area contributed by atoms with Crippen LogP contribution in [-0.4, -0.2) is 26.9 Å². The van der Waals surface area contributed by atoms with Gasteiger partial charge >= 0.3 is 6.03 Å². The van der Waals surface area contributed by atoms with Gasteiger partial charge in [-0.05, 0) is 37.3 Å². The number of nitrogens with one attached hydrogen (secondary N) is 1. The van der Waals surface area contributed by atoms with Gasteiger partial charge in [0.25, 0.3) is 5.56 Å². The van der Waals surface area contributed by atoms with Crippen molar-refractivity contribution in [1.82, 2.24) is 14.3 Å². The number of carbonyl (C=O) groups is 1. The number of aryl methyl sites for hydroxylation is 1. The second kappa shape index (κ2) is 6.25. The van der Waals surface area contributed by atoms with Crippen LogP contribution < -0.4 is 10.9 Å². The van der Waals surface area contributed by atoms with Crippen molar-refractivity contribution in [3.05, 3.63) is 75.6 Å². The summed E-state index contributed by atoms with van der Waals surface area (Å²) in [6.07, 6.45) is 0.506. The monoisotopic (exact) mass is 352 g/mol. The molecule has 4 rings (SSSR count). The Bertz CT molecular complexity index is 1080. The highest BCUT2D eigenvalue weighted by Gasteiger charge is 2.25. The summed E-state index contributed by atoms with van der Waals surface area (Å²) >= 11 is 0. The molecule has 7 heteroatoms. The third-order valence-electron chi connectivity index (χ3n) is 4.55. The second-order valence-corrected chi connectivity index (χ2v) is 6.32. The lowest BCUT2D eigenvalue weighted by atomic mass is 10.1. The van der Waals surface area contributed by atoms with Crippen molar-refractivity contribution >= 4 is 17.4 Å². The van der Waals surface area contributed by atoms with Crippen LogP contribution in [0.1, 0.15) is 17.0 Å². The molecule has 0 atom stereocenters. The van der Waals surface area contributed by atoms with Gasteiger partial charge in [-0.25, -0.2) is 14.2 Å². The van der Waals surface area contributed by atoms with Crippen LogP contribution in [0, 0.1) is 12.7 Å². The molecule has 6 nitrogen and oxygen atoms in total. The van der Waals surface area contributed by atoms with Crippen LogP contribution in [0.3, 0.4) is 0 Å². The first-order chi connectivity index (χ1) is 12.5. The zero-order valence-corrected chi connectivity index (χ0v) is 14.2. The van der Waals surface area contributed by atoms with Crippen LogP contribution >= 0.6 is 0 Å². The van der Waals surface area contributed by atoms with E-state index < -0.39 is 5.82 Å². The van der Waals surface area contributed by atoms with Gasteiger partial charge in [-0.15, -0.1) is 0 Å². The van der Waals surface area contributed by atoms with Crippen LogP contribution in [0.15, 0.2) is 47.3 Å². The summed E-state index contributed by atoms with van der Waals surface area (Å²) in [4.78, 5) is 31.5. The number of aromatic nitrogens is 2. The number of anilines is 1. The summed E-state index contributed by atoms with van der Waals surface area (Å²) in [7, 11) is 0. The minimum Gasteiger partial charge on any atom is -0.320 e. The number of fused-ring (bicyclic) bond motifs is 2. The molecule has 3 aromatic rings. The van der Waals surface area contributed by atoms with Crippen molar-refractivity contribution in [2.24, 2.45) is 0 Å². The molecule has 26 heavy (non-hydrogen) atoms. The van der Waals surface area contributed by atoms with E-state index in [0.29, 0.717) is 29.9 Å². The molecule has 2 amide bonds. The van der Waals surface area contributed by atoms with E-state index in [9.17, 15) is 14.0 Å². The average molecular weight is 352 g/mol. The molecule has 1 aliphatic heterocycles. The fraction of sp³-hybridized carbons (Fsp3) is 0.211. The van der Waals surface area contributed by atoms with Crippen molar-refractivity contribution in [3.63, 3.8) is 0 Å². The molecular formula is C19H17FN4O2. The Morgan fingerprint density at radius 1 is 1.23 bits per heavy atom. The fourth-order valence-electron chi connectivity index (χ4n) is 3.24. The first kappa shape index (κ1) is 16.3. The Balaban J connectivity index is 1.64. The molecule has 1 aromatic carbocycles. The van der Waals surface area contributed by atoms with Crippen molar-refractivity contribution < 1.29 is 9.18 Å². The van der Waals surface area contributed by atoms with E-state index in [2.05, 4.69) is 10.3 Å². The molecule has 0 spiro atoms. The van der Waals surface area contributed by atoms with Gasteiger partial charge in [0.15, 0.2) is 0 Å². The third kappa shape index (κ3) is 2.81. The van der Waals surface area contributed by atoms with Gasteiger partial charge in [-0.2, -0.15) is 0 Å². The number of rotatable bonds is 1. The number of benzene rings is 1. The van der Waals surface area contributed by atoms with Crippen LogP contribution in [0.5, 0.6) is 0 Å². The van der Waals surface area contributed by atoms with Gasteiger partial charge in [0, 0.05) is 24.3 Å². The predicted octanol–water partition coefficient (Wildman–Crippen LogP) is 2.73. The summed E-state index contributed by atoms with van der Waals surface area (Å²) in [6, 6.07) is 10.9. The van der Waals surface area contributed by atoms with Crippen LogP contribution in [-0.2, 0) is 13.0 Å². The van der Waals surface area contributed by atoms with Crippen LogP contribution in [0.25, 0.3) is 5.65 Å². The SMILES string of the molecule is Cc1cccc2nc3c(c(=O)n12)CN(C(=O)Nc1cccc(F)c1)CC3. The lowest BCUT2D eigenvalue weighted by molar-refractivity contribution is 0.205. The number of nitrogens with zero attached hydrogens (tertiary/aromatic N) is 3. The van der Waals surface area contributed by atoms with Gasteiger partial charge in [-0.1, -0.05) is 12.1 Å². The van der Waals surface area contributed by atoms with Crippen LogP contribution in [0.2, 0.25) is 0 Å². The molecule has 0 saturated carbocycles. The molecule has 0 fully saturated rings. The van der Waals surface area contributed by atoms with E-state index in [0.717, 1.165) is 11.4 Å². The largest absolute Gasteiger partial charge is 0.322 e. The Kier molecular flexibility index (Phi) is 3.91. The van der Waals surface area contributed by atoms with Gasteiger partial charge in [0.05, 0.1) is 17.8 Å². The normalized spacial score (nSPS) is 13.5. The van der Waals surface area contributed by atoms with E-state index in [4.69, 9.17) is 0 Å². The number of pyridine rings is 1. The minimum absolute atomic E-state index is 0.147. The molecule has 0 saturated heterocycles. The summed E-state index contributed by atoms with van der Waals surface area (Å²) in [5.74, 6) is -0.420. The van der Waals surface area contributed by atoms with Gasteiger partial charge in [-0.3, -0.25) is 9.20 Å². The molecule has 0 bridgehead atoms. The second-order valence-electron chi connectivity index (χ2n) is 6.32. The minimum atomic E-state index is -0.420. The van der Waals surface area contributed by atoms with Crippen molar-refractivity contribution in [2.75, 3.05) is 11.9 Å². The van der Waals surface area contributed by atoms with E-state index >= 15 is 0 Å². The van der Waals surface area contributed by atoms with Gasteiger partial charge in [0.2, 0.25) is 0 Å². The first-order valence-corrected chi connectivity index (χ1v) is 8.34. The molecular weight excluding hydrogens is 335 g/mol. The molecule has 0 aliphatic carbocycles. The maximum Gasteiger partial charge on any atom is 0.322 e. The topological polar surface area (TPSA) is 66.7 Å². The first-order valence-electron chi connectivity index (χ1n) is 8.34. The highest BCUT2D eigenvalue weighted by atomic mass is 19.1. The highest BCUT2D eigenvalue weighted by molar-refractivity contribution is 5.89. The Labute approximate surface area is 148 Å². The molecule has 3 heterocycles. The van der Waals surface area contributed by atoms with E-state index in [1.54, 1.807) is 21.4 Å². The highest BCUT2D eigenvalue weighted by Crippen LogP contribution is 2.17. The maximum absolute atomic E-state index is 13.3. The third-order valence-corrected chi connectivity index (χ3v) is 4.55. The lowest BCUT2D eigenvalue weighted by Gasteiger charge is -2.28. The number of urea groups is 1. The molecule has 0 radical (unpaired) electrons. The smallest absolute Gasteiger partial charge is 0.320 e. The number of hydrogen-bond donors (Lipinski definition) is 1. The van der Waals surface area contributed by atoms with E-state index in [1.165, 1.54) is 18.2 Å². The van der Waals surface area contributed by atoms with E-state index in [1.807, 2.05) is 19.1 Å². The average Bonchev–Trinajstić information content (AvgIpc) is 2.61. The quantitative estimate of drug-likeness (QED) is 0.732. The summed E-state index contributed by atoms with van der Waals surface area (Å²) in [6.45, 7) is 2.47. The Hall–Kier alpha value is -3.22.